The minimum Gasteiger partial charge on any atom is -0.360 e. The number of imidazole rings is 1. The van der Waals surface area contributed by atoms with E-state index in [4.69, 9.17) is 5.73 Å². The maximum absolute atomic E-state index is 12.7. The maximum Gasteiger partial charge on any atom is 0.416 e. The predicted molar refractivity (Wildman–Crippen MR) is 121 cm³/mol. The first-order valence-corrected chi connectivity index (χ1v) is 10.7. The quantitative estimate of drug-likeness (QED) is 0.395. The third-order valence-electron chi connectivity index (χ3n) is 5.20. The number of nitrogens with two attached hydrogens (primary N) is 1. The number of aromatic amines is 1. The van der Waals surface area contributed by atoms with Crippen LogP contribution < -0.4 is 16.7 Å². The standard InChI is InChI=1S/C22H19F3N6OS/c1-31-18-9-13(4-7-16(18)30-21(31)32)19-17(10-26)29-20(33-19)28-11-15(27)8-12-2-5-14(6-3-12)22(23,24)25/h2-7,9,15H,8,11,27H2,1H3,(H,28,29)(H,30,32)/t15-/m0/s1. The van der Waals surface area contributed by atoms with Crippen LogP contribution in [0.15, 0.2) is 47.3 Å². The van der Waals surface area contributed by atoms with Crippen molar-refractivity contribution in [2.45, 2.75) is 18.6 Å². The molecule has 4 N–H and O–H groups in total. The SMILES string of the molecule is Cn1c(=O)[nH]c2ccc(-c3sc(NC[C@@H](N)Cc4ccc(C(F)(F)F)cc4)nc3C#N)cc21. The van der Waals surface area contributed by atoms with Gasteiger partial charge in [-0.05, 0) is 41.8 Å². The highest BCUT2D eigenvalue weighted by Gasteiger charge is 2.30. The van der Waals surface area contributed by atoms with Gasteiger partial charge in [0.15, 0.2) is 10.8 Å². The fraction of sp³-hybridized carbons (Fsp3) is 0.227. The summed E-state index contributed by atoms with van der Waals surface area (Å²) in [4.78, 5) is 19.6. The topological polar surface area (TPSA) is 113 Å². The van der Waals surface area contributed by atoms with Gasteiger partial charge >= 0.3 is 11.9 Å². The van der Waals surface area contributed by atoms with Gasteiger partial charge in [0.05, 0.1) is 21.5 Å². The Morgan fingerprint density at radius 3 is 2.67 bits per heavy atom. The second-order valence-electron chi connectivity index (χ2n) is 7.57. The summed E-state index contributed by atoms with van der Waals surface area (Å²) in [5.74, 6) is 0. The van der Waals surface area contributed by atoms with Crippen molar-refractivity contribution in [2.75, 3.05) is 11.9 Å². The van der Waals surface area contributed by atoms with Crippen molar-refractivity contribution in [3.63, 3.8) is 0 Å². The molecule has 0 aliphatic heterocycles. The number of anilines is 1. The number of alkyl halides is 3. The van der Waals surface area contributed by atoms with Crippen molar-refractivity contribution in [1.29, 1.82) is 5.26 Å². The van der Waals surface area contributed by atoms with Gasteiger partial charge in [0.1, 0.15) is 6.07 Å². The van der Waals surface area contributed by atoms with Crippen LogP contribution in [0.2, 0.25) is 0 Å². The van der Waals surface area contributed by atoms with Gasteiger partial charge in [-0.2, -0.15) is 18.4 Å². The predicted octanol–water partition coefficient (Wildman–Crippen LogP) is 3.86. The summed E-state index contributed by atoms with van der Waals surface area (Å²) in [7, 11) is 1.66. The van der Waals surface area contributed by atoms with Crippen LogP contribution in [-0.2, 0) is 19.6 Å². The Morgan fingerprint density at radius 1 is 1.27 bits per heavy atom. The van der Waals surface area contributed by atoms with Crippen molar-refractivity contribution in [3.8, 4) is 16.5 Å². The Hall–Kier alpha value is -3.62. The molecule has 2 aromatic heterocycles. The van der Waals surface area contributed by atoms with Crippen LogP contribution in [0.4, 0.5) is 18.3 Å². The van der Waals surface area contributed by atoms with Crippen LogP contribution in [0.25, 0.3) is 21.5 Å². The number of nitrogens with one attached hydrogen (secondary N) is 2. The highest BCUT2D eigenvalue weighted by molar-refractivity contribution is 7.19. The smallest absolute Gasteiger partial charge is 0.360 e. The van der Waals surface area contributed by atoms with Crippen LogP contribution in [0.1, 0.15) is 16.8 Å². The van der Waals surface area contributed by atoms with Crippen LogP contribution in [0.5, 0.6) is 0 Å². The van der Waals surface area contributed by atoms with E-state index in [0.29, 0.717) is 39.6 Å². The number of hydrogen-bond acceptors (Lipinski definition) is 6. The van der Waals surface area contributed by atoms with Crippen LogP contribution >= 0.6 is 11.3 Å². The monoisotopic (exact) mass is 472 g/mol. The van der Waals surface area contributed by atoms with E-state index in [2.05, 4.69) is 21.4 Å². The van der Waals surface area contributed by atoms with Crippen molar-refractivity contribution in [3.05, 3.63) is 69.8 Å². The number of hydrogen-bond donors (Lipinski definition) is 3. The van der Waals surface area contributed by atoms with Gasteiger partial charge in [-0.15, -0.1) is 0 Å². The molecule has 11 heteroatoms. The Bertz CT molecular complexity index is 1400. The normalized spacial score (nSPS) is 12.6. The van der Waals surface area contributed by atoms with Gasteiger partial charge < -0.3 is 16.0 Å². The minimum absolute atomic E-state index is 0.226. The summed E-state index contributed by atoms with van der Waals surface area (Å²) >= 11 is 1.29. The fourth-order valence-corrected chi connectivity index (χ4v) is 4.37. The summed E-state index contributed by atoms with van der Waals surface area (Å²) in [6.45, 7) is 0.324. The lowest BCUT2D eigenvalue weighted by Gasteiger charge is -2.13. The number of H-pyrrole nitrogens is 1. The van der Waals surface area contributed by atoms with Gasteiger partial charge in [-0.3, -0.25) is 4.57 Å². The lowest BCUT2D eigenvalue weighted by molar-refractivity contribution is -0.137. The van der Waals surface area contributed by atoms with Crippen LogP contribution in [0, 0.1) is 11.3 Å². The number of fused-ring (bicyclic) bond motifs is 1. The van der Waals surface area contributed by atoms with E-state index in [1.54, 1.807) is 13.1 Å². The molecule has 0 bridgehead atoms. The van der Waals surface area contributed by atoms with Crippen molar-refractivity contribution < 1.29 is 13.2 Å². The highest BCUT2D eigenvalue weighted by Crippen LogP contribution is 2.34. The van der Waals surface area contributed by atoms with Crippen LogP contribution in [0.3, 0.4) is 0 Å². The number of benzene rings is 2. The lowest BCUT2D eigenvalue weighted by atomic mass is 10.0. The molecule has 4 rings (SSSR count). The number of nitriles is 1. The molecule has 0 saturated carbocycles. The molecule has 0 aliphatic carbocycles. The van der Waals surface area contributed by atoms with E-state index in [0.717, 1.165) is 17.7 Å². The molecule has 0 amide bonds. The van der Waals surface area contributed by atoms with E-state index in [1.165, 1.54) is 28.0 Å². The average molecular weight is 472 g/mol. The molecule has 2 aromatic carbocycles. The number of halogens is 3. The van der Waals surface area contributed by atoms with E-state index in [1.807, 2.05) is 12.1 Å². The van der Waals surface area contributed by atoms with E-state index in [9.17, 15) is 23.2 Å². The second kappa shape index (κ2) is 8.73. The molecular formula is C22H19F3N6OS. The zero-order valence-electron chi connectivity index (χ0n) is 17.4. The molecule has 1 atom stereocenters. The number of aryl methyl sites for hydroxylation is 1. The summed E-state index contributed by atoms with van der Waals surface area (Å²) < 4.78 is 39.6. The average Bonchev–Trinajstić information content (AvgIpc) is 3.32. The Morgan fingerprint density at radius 2 is 2.00 bits per heavy atom. The molecule has 0 fully saturated rings. The molecule has 0 aliphatic rings. The van der Waals surface area contributed by atoms with E-state index in [-0.39, 0.29) is 17.4 Å². The molecule has 170 valence electrons. The third kappa shape index (κ3) is 4.76. The molecule has 33 heavy (non-hydrogen) atoms. The summed E-state index contributed by atoms with van der Waals surface area (Å²) in [5, 5.41) is 13.1. The summed E-state index contributed by atoms with van der Waals surface area (Å²) in [6, 6.07) is 12.0. The first kappa shape index (κ1) is 22.6. The second-order valence-corrected chi connectivity index (χ2v) is 8.57. The Balaban J connectivity index is 1.46. The Labute approximate surface area is 190 Å². The summed E-state index contributed by atoms with van der Waals surface area (Å²) in [5.41, 5.74) is 8.32. The fourth-order valence-electron chi connectivity index (χ4n) is 3.45. The number of nitrogens with zero attached hydrogens (tertiary/aromatic N) is 3. The van der Waals surface area contributed by atoms with Gasteiger partial charge in [-0.25, -0.2) is 9.78 Å². The van der Waals surface area contributed by atoms with E-state index < -0.39 is 11.7 Å². The first-order valence-electron chi connectivity index (χ1n) is 9.91. The molecular weight excluding hydrogens is 453 g/mol. The van der Waals surface area contributed by atoms with Crippen LogP contribution in [-0.4, -0.2) is 27.1 Å². The number of rotatable bonds is 6. The molecule has 0 spiro atoms. The Kier molecular flexibility index (Phi) is 5.97. The van der Waals surface area contributed by atoms with Crippen molar-refractivity contribution in [2.24, 2.45) is 12.8 Å². The minimum atomic E-state index is -4.37. The van der Waals surface area contributed by atoms with Crippen molar-refractivity contribution in [1.82, 2.24) is 14.5 Å². The lowest BCUT2D eigenvalue weighted by Crippen LogP contribution is -2.31. The number of thiazole rings is 1. The zero-order chi connectivity index (χ0) is 23.8. The number of aromatic nitrogens is 3. The van der Waals surface area contributed by atoms with E-state index >= 15 is 0 Å². The molecule has 0 saturated heterocycles. The molecule has 0 radical (unpaired) electrons. The zero-order valence-corrected chi connectivity index (χ0v) is 18.2. The van der Waals surface area contributed by atoms with Gasteiger partial charge in [0, 0.05) is 19.6 Å². The highest BCUT2D eigenvalue weighted by atomic mass is 32.1. The van der Waals surface area contributed by atoms with Crippen molar-refractivity contribution >= 4 is 27.5 Å². The largest absolute Gasteiger partial charge is 0.416 e. The molecule has 0 unspecified atom stereocenters. The molecule has 7 nitrogen and oxygen atoms in total. The molecule has 4 aromatic rings. The molecule has 2 heterocycles. The van der Waals surface area contributed by atoms with Gasteiger partial charge in [0.2, 0.25) is 0 Å². The summed E-state index contributed by atoms with van der Waals surface area (Å²) in [6.07, 6.45) is -3.99. The third-order valence-corrected chi connectivity index (χ3v) is 6.26. The van der Waals surface area contributed by atoms with Gasteiger partial charge in [0.25, 0.3) is 0 Å². The van der Waals surface area contributed by atoms with Gasteiger partial charge in [-0.1, -0.05) is 29.5 Å². The maximum atomic E-state index is 12.7. The first-order chi connectivity index (χ1) is 15.7.